The van der Waals surface area contributed by atoms with Crippen molar-refractivity contribution in [2.45, 2.75) is 26.3 Å². The SMILES string of the molecule is CC(C)n1ncc(C(=O)NCCc2ccc(Cl)cc2)c1Br. The molecule has 1 N–H and O–H groups in total. The van der Waals surface area contributed by atoms with Gasteiger partial charge in [-0.05, 0) is 53.9 Å². The number of rotatable bonds is 5. The molecule has 0 aliphatic carbocycles. The minimum atomic E-state index is -0.122. The molecule has 0 unspecified atom stereocenters. The van der Waals surface area contributed by atoms with E-state index in [-0.39, 0.29) is 11.9 Å². The summed E-state index contributed by atoms with van der Waals surface area (Å²) < 4.78 is 2.48. The number of amides is 1. The summed E-state index contributed by atoms with van der Waals surface area (Å²) in [6, 6.07) is 7.82. The molecule has 2 rings (SSSR count). The molecule has 21 heavy (non-hydrogen) atoms. The van der Waals surface area contributed by atoms with Crippen LogP contribution < -0.4 is 5.32 Å². The average molecular weight is 371 g/mol. The fourth-order valence-electron chi connectivity index (χ4n) is 1.93. The molecule has 0 bridgehead atoms. The van der Waals surface area contributed by atoms with Crippen LogP contribution in [-0.4, -0.2) is 22.2 Å². The van der Waals surface area contributed by atoms with Gasteiger partial charge in [0.1, 0.15) is 4.60 Å². The van der Waals surface area contributed by atoms with Crippen LogP contribution in [0.25, 0.3) is 0 Å². The normalized spacial score (nSPS) is 10.9. The van der Waals surface area contributed by atoms with Crippen LogP contribution in [0.1, 0.15) is 35.8 Å². The monoisotopic (exact) mass is 369 g/mol. The molecule has 0 aliphatic heterocycles. The van der Waals surface area contributed by atoms with E-state index in [0.717, 1.165) is 12.0 Å². The molecule has 0 radical (unpaired) electrons. The maximum Gasteiger partial charge on any atom is 0.255 e. The lowest BCUT2D eigenvalue weighted by Crippen LogP contribution is -2.25. The molecule has 4 nitrogen and oxygen atoms in total. The lowest BCUT2D eigenvalue weighted by atomic mass is 10.1. The summed E-state index contributed by atoms with van der Waals surface area (Å²) in [4.78, 5) is 12.1. The highest BCUT2D eigenvalue weighted by Gasteiger charge is 2.16. The van der Waals surface area contributed by atoms with Crippen molar-refractivity contribution >= 4 is 33.4 Å². The quantitative estimate of drug-likeness (QED) is 0.869. The Morgan fingerprint density at radius 1 is 1.38 bits per heavy atom. The number of halogens is 2. The van der Waals surface area contributed by atoms with Crippen LogP contribution in [0.2, 0.25) is 5.02 Å². The Labute approximate surface area is 137 Å². The molecule has 0 aliphatic rings. The van der Waals surface area contributed by atoms with Gasteiger partial charge in [0.05, 0.1) is 11.8 Å². The fourth-order valence-corrected chi connectivity index (χ4v) is 2.84. The highest BCUT2D eigenvalue weighted by atomic mass is 79.9. The number of nitrogens with one attached hydrogen (secondary N) is 1. The molecular weight excluding hydrogens is 354 g/mol. The number of nitrogens with zero attached hydrogens (tertiary/aromatic N) is 2. The minimum absolute atomic E-state index is 0.122. The Morgan fingerprint density at radius 3 is 2.62 bits per heavy atom. The van der Waals surface area contributed by atoms with Crippen molar-refractivity contribution in [1.29, 1.82) is 0 Å². The van der Waals surface area contributed by atoms with E-state index in [2.05, 4.69) is 26.3 Å². The Balaban J connectivity index is 1.91. The van der Waals surface area contributed by atoms with Crippen LogP contribution in [-0.2, 0) is 6.42 Å². The summed E-state index contributed by atoms with van der Waals surface area (Å²) >= 11 is 9.26. The summed E-state index contributed by atoms with van der Waals surface area (Å²) in [6.07, 6.45) is 2.35. The van der Waals surface area contributed by atoms with Gasteiger partial charge in [0, 0.05) is 17.6 Å². The molecule has 0 fully saturated rings. The third-order valence-electron chi connectivity index (χ3n) is 3.08. The van der Waals surface area contributed by atoms with Crippen LogP contribution >= 0.6 is 27.5 Å². The summed E-state index contributed by atoms with van der Waals surface area (Å²) in [7, 11) is 0. The zero-order valence-electron chi connectivity index (χ0n) is 11.9. The van der Waals surface area contributed by atoms with Crippen molar-refractivity contribution in [3.63, 3.8) is 0 Å². The summed E-state index contributed by atoms with van der Waals surface area (Å²) in [5, 5.41) is 7.82. The second-order valence-electron chi connectivity index (χ2n) is 5.02. The van der Waals surface area contributed by atoms with Crippen molar-refractivity contribution in [2.75, 3.05) is 6.54 Å². The van der Waals surface area contributed by atoms with Crippen molar-refractivity contribution in [3.05, 3.63) is 51.2 Å². The molecule has 6 heteroatoms. The summed E-state index contributed by atoms with van der Waals surface area (Å²) in [5.41, 5.74) is 1.69. The summed E-state index contributed by atoms with van der Waals surface area (Å²) in [5.74, 6) is -0.122. The van der Waals surface area contributed by atoms with Gasteiger partial charge in [-0.1, -0.05) is 23.7 Å². The number of hydrogen-bond donors (Lipinski definition) is 1. The zero-order valence-corrected chi connectivity index (χ0v) is 14.3. The van der Waals surface area contributed by atoms with E-state index >= 15 is 0 Å². The van der Waals surface area contributed by atoms with Crippen molar-refractivity contribution in [3.8, 4) is 0 Å². The van der Waals surface area contributed by atoms with Gasteiger partial charge in [-0.3, -0.25) is 9.48 Å². The third-order valence-corrected chi connectivity index (χ3v) is 4.12. The predicted molar refractivity (Wildman–Crippen MR) is 87.8 cm³/mol. The van der Waals surface area contributed by atoms with E-state index in [9.17, 15) is 4.79 Å². The lowest BCUT2D eigenvalue weighted by Gasteiger charge is -2.08. The predicted octanol–water partition coefficient (Wildman–Crippen LogP) is 3.85. The van der Waals surface area contributed by atoms with Gasteiger partial charge in [0.15, 0.2) is 0 Å². The Hall–Kier alpha value is -1.33. The van der Waals surface area contributed by atoms with Gasteiger partial charge < -0.3 is 5.32 Å². The Kier molecular flexibility index (Phi) is 5.42. The van der Waals surface area contributed by atoms with Crippen LogP contribution in [0.3, 0.4) is 0 Å². The maximum absolute atomic E-state index is 12.1. The second-order valence-corrected chi connectivity index (χ2v) is 6.21. The lowest BCUT2D eigenvalue weighted by molar-refractivity contribution is 0.0953. The first-order valence-corrected chi connectivity index (χ1v) is 7.91. The largest absolute Gasteiger partial charge is 0.352 e. The van der Waals surface area contributed by atoms with E-state index < -0.39 is 0 Å². The standard InChI is InChI=1S/C15H17BrClN3O/c1-10(2)20-14(16)13(9-19-20)15(21)18-8-7-11-3-5-12(17)6-4-11/h3-6,9-10H,7-8H2,1-2H3,(H,18,21). The first-order valence-electron chi connectivity index (χ1n) is 6.74. The molecule has 0 atom stereocenters. The average Bonchev–Trinajstić information content (AvgIpc) is 2.83. The molecule has 0 spiro atoms. The van der Waals surface area contributed by atoms with Gasteiger partial charge in [0.25, 0.3) is 5.91 Å². The fraction of sp³-hybridized carbons (Fsp3) is 0.333. The number of aromatic nitrogens is 2. The smallest absolute Gasteiger partial charge is 0.255 e. The zero-order chi connectivity index (χ0) is 15.4. The molecular formula is C15H17BrClN3O. The number of benzene rings is 1. The molecule has 0 saturated heterocycles. The number of carbonyl (C=O) groups excluding carboxylic acids is 1. The van der Waals surface area contributed by atoms with Crippen LogP contribution in [0.4, 0.5) is 0 Å². The van der Waals surface area contributed by atoms with Gasteiger partial charge >= 0.3 is 0 Å². The molecule has 1 aromatic heterocycles. The first kappa shape index (κ1) is 16.0. The van der Waals surface area contributed by atoms with Gasteiger partial charge in [0.2, 0.25) is 0 Å². The van der Waals surface area contributed by atoms with E-state index in [4.69, 9.17) is 11.6 Å². The number of carbonyl (C=O) groups is 1. The highest BCUT2D eigenvalue weighted by molar-refractivity contribution is 9.10. The van der Waals surface area contributed by atoms with Crippen LogP contribution in [0.5, 0.6) is 0 Å². The molecule has 0 saturated carbocycles. The van der Waals surface area contributed by atoms with E-state index in [0.29, 0.717) is 21.7 Å². The van der Waals surface area contributed by atoms with E-state index in [1.165, 1.54) is 0 Å². The Bertz CT molecular complexity index is 622. The van der Waals surface area contributed by atoms with E-state index in [1.54, 1.807) is 10.9 Å². The van der Waals surface area contributed by atoms with Gasteiger partial charge in [-0.15, -0.1) is 0 Å². The van der Waals surface area contributed by atoms with Crippen molar-refractivity contribution in [1.82, 2.24) is 15.1 Å². The second kappa shape index (κ2) is 7.09. The topological polar surface area (TPSA) is 46.9 Å². The minimum Gasteiger partial charge on any atom is -0.352 e. The molecule has 1 aromatic carbocycles. The van der Waals surface area contributed by atoms with Gasteiger partial charge in [-0.2, -0.15) is 5.10 Å². The van der Waals surface area contributed by atoms with Crippen LogP contribution in [0.15, 0.2) is 35.1 Å². The van der Waals surface area contributed by atoms with Crippen molar-refractivity contribution < 1.29 is 4.79 Å². The third kappa shape index (κ3) is 4.08. The Morgan fingerprint density at radius 2 is 2.05 bits per heavy atom. The first-order chi connectivity index (χ1) is 9.99. The van der Waals surface area contributed by atoms with E-state index in [1.807, 2.05) is 38.1 Å². The van der Waals surface area contributed by atoms with Crippen LogP contribution in [0, 0.1) is 0 Å². The van der Waals surface area contributed by atoms with Crippen molar-refractivity contribution in [2.24, 2.45) is 0 Å². The summed E-state index contributed by atoms with van der Waals surface area (Å²) in [6.45, 7) is 4.60. The molecule has 1 amide bonds. The highest BCUT2D eigenvalue weighted by Crippen LogP contribution is 2.20. The van der Waals surface area contributed by atoms with Gasteiger partial charge in [-0.25, -0.2) is 0 Å². The maximum atomic E-state index is 12.1. The molecule has 112 valence electrons. The molecule has 2 aromatic rings. The molecule has 1 heterocycles. The number of hydrogen-bond acceptors (Lipinski definition) is 2.